The summed E-state index contributed by atoms with van der Waals surface area (Å²) in [4.78, 5) is 12.9. The van der Waals surface area contributed by atoms with E-state index in [2.05, 4.69) is 4.72 Å². The molecule has 1 N–H and O–H groups in total. The Morgan fingerprint density at radius 3 is 2.43 bits per heavy atom. The van der Waals surface area contributed by atoms with E-state index in [0.717, 1.165) is 6.07 Å². The Kier molecular flexibility index (Phi) is 4.70. The molecule has 5 nitrogen and oxygen atoms in total. The van der Waals surface area contributed by atoms with Gasteiger partial charge in [-0.2, -0.15) is 0 Å². The van der Waals surface area contributed by atoms with Crippen molar-refractivity contribution in [3.8, 4) is 0 Å². The number of hydrogen-bond acceptors (Lipinski definition) is 3. The Bertz CT molecular complexity index is 850. The van der Waals surface area contributed by atoms with Crippen LogP contribution in [0.15, 0.2) is 47.4 Å². The lowest BCUT2D eigenvalue weighted by Crippen LogP contribution is -2.25. The molecule has 0 fully saturated rings. The number of nitrogens with zero attached hydrogens (tertiary/aromatic N) is 1. The number of anilines is 2. The Morgan fingerprint density at radius 2 is 1.83 bits per heavy atom. The third-order valence-corrected chi connectivity index (χ3v) is 4.95. The first-order valence-corrected chi connectivity index (χ1v) is 8.33. The zero-order valence-corrected chi connectivity index (χ0v) is 13.8. The van der Waals surface area contributed by atoms with Crippen LogP contribution in [0.4, 0.5) is 15.8 Å². The number of amides is 1. The molecule has 0 spiro atoms. The molecule has 0 bridgehead atoms. The number of carbonyl (C=O) groups is 1. The number of benzene rings is 2. The number of sulfonamides is 1. The van der Waals surface area contributed by atoms with Gasteiger partial charge in [-0.1, -0.05) is 18.2 Å². The lowest BCUT2D eigenvalue weighted by atomic mass is 10.2. The Labute approximate surface area is 134 Å². The second-order valence-electron chi connectivity index (χ2n) is 5.11. The van der Waals surface area contributed by atoms with Gasteiger partial charge in [-0.05, 0) is 30.7 Å². The van der Waals surface area contributed by atoms with E-state index in [9.17, 15) is 17.6 Å². The summed E-state index contributed by atoms with van der Waals surface area (Å²) in [7, 11) is -2.41. The fourth-order valence-electron chi connectivity index (χ4n) is 2.11. The number of aryl methyl sites for hydroxylation is 1. The van der Waals surface area contributed by atoms with Gasteiger partial charge in [-0.15, -0.1) is 0 Å². The van der Waals surface area contributed by atoms with Gasteiger partial charge in [0.05, 0.1) is 16.3 Å². The molecule has 0 aliphatic heterocycles. The van der Waals surface area contributed by atoms with Crippen LogP contribution in [0.5, 0.6) is 0 Å². The number of hydrogen-bond donors (Lipinski definition) is 1. The highest BCUT2D eigenvalue weighted by Crippen LogP contribution is 2.29. The highest BCUT2D eigenvalue weighted by Gasteiger charge is 2.20. The maximum atomic E-state index is 13.5. The molecule has 0 radical (unpaired) electrons. The van der Waals surface area contributed by atoms with Crippen LogP contribution in [0.1, 0.15) is 12.5 Å². The smallest absolute Gasteiger partial charge is 0.262 e. The van der Waals surface area contributed by atoms with Crippen LogP contribution in [0.25, 0.3) is 0 Å². The largest absolute Gasteiger partial charge is 0.314 e. The van der Waals surface area contributed by atoms with E-state index < -0.39 is 15.8 Å². The molecule has 0 saturated carbocycles. The summed E-state index contributed by atoms with van der Waals surface area (Å²) < 4.78 is 41.0. The number of halogens is 1. The SMILES string of the molecule is CC(=O)N(C)c1ccc(F)cc1NS(=O)(=O)c1ccccc1C. The minimum atomic E-state index is -3.90. The molecule has 2 aromatic carbocycles. The van der Waals surface area contributed by atoms with Crippen molar-refractivity contribution in [3.63, 3.8) is 0 Å². The molecule has 0 aromatic heterocycles. The maximum absolute atomic E-state index is 13.5. The first-order valence-electron chi connectivity index (χ1n) is 6.84. The Balaban J connectivity index is 2.49. The average molecular weight is 336 g/mol. The van der Waals surface area contributed by atoms with Crippen molar-refractivity contribution in [2.75, 3.05) is 16.7 Å². The van der Waals surface area contributed by atoms with Gasteiger partial charge in [-0.3, -0.25) is 9.52 Å². The van der Waals surface area contributed by atoms with E-state index in [1.165, 1.54) is 37.1 Å². The maximum Gasteiger partial charge on any atom is 0.262 e. The molecule has 0 aliphatic rings. The van der Waals surface area contributed by atoms with E-state index in [1.54, 1.807) is 25.1 Å². The fraction of sp³-hybridized carbons (Fsp3) is 0.188. The molecule has 7 heteroatoms. The molecule has 1 amide bonds. The Hall–Kier alpha value is -2.41. The van der Waals surface area contributed by atoms with E-state index >= 15 is 0 Å². The summed E-state index contributed by atoms with van der Waals surface area (Å²) in [5.74, 6) is -0.902. The van der Waals surface area contributed by atoms with Crippen molar-refractivity contribution in [1.29, 1.82) is 0 Å². The van der Waals surface area contributed by atoms with E-state index in [0.29, 0.717) is 5.56 Å². The summed E-state index contributed by atoms with van der Waals surface area (Å²) in [5, 5.41) is 0. The number of nitrogens with one attached hydrogen (secondary N) is 1. The van der Waals surface area contributed by atoms with Crippen LogP contribution in [0, 0.1) is 12.7 Å². The van der Waals surface area contributed by atoms with Gasteiger partial charge in [0.25, 0.3) is 10.0 Å². The summed E-state index contributed by atoms with van der Waals surface area (Å²) >= 11 is 0. The quantitative estimate of drug-likeness (QED) is 0.933. The number of rotatable bonds is 4. The summed E-state index contributed by atoms with van der Waals surface area (Å²) in [6.45, 7) is 3.01. The molecule has 0 saturated heterocycles. The molecular formula is C16H17FN2O3S. The number of carbonyl (C=O) groups excluding carboxylic acids is 1. The zero-order valence-electron chi connectivity index (χ0n) is 13.0. The van der Waals surface area contributed by atoms with Crippen molar-refractivity contribution in [3.05, 3.63) is 53.8 Å². The van der Waals surface area contributed by atoms with Crippen molar-refractivity contribution >= 4 is 27.3 Å². The van der Waals surface area contributed by atoms with Crippen molar-refractivity contribution < 1.29 is 17.6 Å². The van der Waals surface area contributed by atoms with E-state index in [-0.39, 0.29) is 22.2 Å². The van der Waals surface area contributed by atoms with E-state index in [4.69, 9.17) is 0 Å². The second kappa shape index (κ2) is 6.37. The summed E-state index contributed by atoms with van der Waals surface area (Å²) in [6, 6.07) is 10.0. The summed E-state index contributed by atoms with van der Waals surface area (Å²) in [5.41, 5.74) is 0.847. The zero-order chi connectivity index (χ0) is 17.2. The molecule has 2 rings (SSSR count). The third kappa shape index (κ3) is 3.68. The predicted octanol–water partition coefficient (Wildman–Crippen LogP) is 2.92. The molecule has 0 aliphatic carbocycles. The molecule has 0 unspecified atom stereocenters. The lowest BCUT2D eigenvalue weighted by molar-refractivity contribution is -0.116. The molecule has 0 heterocycles. The highest BCUT2D eigenvalue weighted by atomic mass is 32.2. The first-order chi connectivity index (χ1) is 10.7. The van der Waals surface area contributed by atoms with Gasteiger partial charge in [0.1, 0.15) is 5.82 Å². The molecular weight excluding hydrogens is 319 g/mol. The minimum Gasteiger partial charge on any atom is -0.314 e. The molecule has 2 aromatic rings. The molecule has 23 heavy (non-hydrogen) atoms. The van der Waals surface area contributed by atoms with Gasteiger partial charge in [0.15, 0.2) is 0 Å². The van der Waals surface area contributed by atoms with Crippen molar-refractivity contribution in [1.82, 2.24) is 0 Å². The van der Waals surface area contributed by atoms with Crippen molar-refractivity contribution in [2.45, 2.75) is 18.7 Å². The standard InChI is InChI=1S/C16H17FN2O3S/c1-11-6-4-5-7-16(11)23(21,22)18-14-10-13(17)8-9-15(14)19(3)12(2)20/h4-10,18H,1-3H3. The van der Waals surface area contributed by atoms with Crippen LogP contribution in [-0.2, 0) is 14.8 Å². The van der Waals surface area contributed by atoms with Crippen LogP contribution in [-0.4, -0.2) is 21.4 Å². The third-order valence-electron chi connectivity index (χ3n) is 3.42. The first kappa shape index (κ1) is 17.0. The predicted molar refractivity (Wildman–Crippen MR) is 87.5 cm³/mol. The topological polar surface area (TPSA) is 66.5 Å². The Morgan fingerprint density at radius 1 is 1.17 bits per heavy atom. The minimum absolute atomic E-state index is 0.00551. The van der Waals surface area contributed by atoms with Crippen LogP contribution in [0.3, 0.4) is 0 Å². The highest BCUT2D eigenvalue weighted by molar-refractivity contribution is 7.92. The fourth-order valence-corrected chi connectivity index (χ4v) is 3.42. The normalized spacial score (nSPS) is 11.1. The van der Waals surface area contributed by atoms with Crippen LogP contribution in [0.2, 0.25) is 0 Å². The lowest BCUT2D eigenvalue weighted by Gasteiger charge is -2.20. The average Bonchev–Trinajstić information content (AvgIpc) is 2.46. The van der Waals surface area contributed by atoms with Gasteiger partial charge in [0, 0.05) is 20.0 Å². The van der Waals surface area contributed by atoms with Gasteiger partial charge >= 0.3 is 0 Å². The van der Waals surface area contributed by atoms with Crippen LogP contribution < -0.4 is 9.62 Å². The van der Waals surface area contributed by atoms with Gasteiger partial charge in [-0.25, -0.2) is 12.8 Å². The summed E-state index contributed by atoms with van der Waals surface area (Å²) in [6.07, 6.45) is 0. The molecule has 0 atom stereocenters. The van der Waals surface area contributed by atoms with Gasteiger partial charge < -0.3 is 4.90 Å². The second-order valence-corrected chi connectivity index (χ2v) is 6.76. The van der Waals surface area contributed by atoms with Gasteiger partial charge in [0.2, 0.25) is 5.91 Å². The van der Waals surface area contributed by atoms with E-state index in [1.807, 2.05) is 0 Å². The molecule has 122 valence electrons. The monoisotopic (exact) mass is 336 g/mol. The van der Waals surface area contributed by atoms with Crippen molar-refractivity contribution in [2.24, 2.45) is 0 Å². The van der Waals surface area contributed by atoms with Crippen LogP contribution >= 0.6 is 0 Å².